The molecule has 1 amide bonds. The van der Waals surface area contributed by atoms with E-state index in [1.807, 2.05) is 4.90 Å². The number of hydrogen-bond donors (Lipinski definition) is 1. The van der Waals surface area contributed by atoms with E-state index in [9.17, 15) is 4.79 Å². The third kappa shape index (κ3) is 3.83. The maximum absolute atomic E-state index is 12.6. The molecule has 0 bridgehead atoms. The summed E-state index contributed by atoms with van der Waals surface area (Å²) in [6, 6.07) is 5.03. The Kier molecular flexibility index (Phi) is 5.46. The van der Waals surface area contributed by atoms with E-state index in [-0.39, 0.29) is 5.91 Å². The van der Waals surface area contributed by atoms with Crippen molar-refractivity contribution in [2.45, 2.75) is 19.8 Å². The molecule has 1 aliphatic heterocycles. The van der Waals surface area contributed by atoms with Crippen molar-refractivity contribution < 1.29 is 14.3 Å². The van der Waals surface area contributed by atoms with Gasteiger partial charge in [0.15, 0.2) is 0 Å². The number of anilines is 2. The zero-order valence-corrected chi connectivity index (χ0v) is 15.8. The highest BCUT2D eigenvalue weighted by Crippen LogP contribution is 2.37. The third-order valence-corrected chi connectivity index (χ3v) is 4.48. The van der Waals surface area contributed by atoms with E-state index in [1.165, 1.54) is 0 Å². The van der Waals surface area contributed by atoms with E-state index in [0.717, 1.165) is 25.9 Å². The highest BCUT2D eigenvalue weighted by Gasteiger charge is 2.22. The van der Waals surface area contributed by atoms with Crippen LogP contribution in [0.1, 0.15) is 29.2 Å². The quantitative estimate of drug-likeness (QED) is 0.861. The number of benzene rings is 1. The first-order valence-electron chi connectivity index (χ1n) is 8.35. The zero-order valence-electron chi connectivity index (χ0n) is 15.0. The van der Waals surface area contributed by atoms with E-state index in [2.05, 4.69) is 15.3 Å². The van der Waals surface area contributed by atoms with Crippen LogP contribution in [0.3, 0.4) is 0 Å². The number of nitrogens with one attached hydrogen (secondary N) is 1. The first-order chi connectivity index (χ1) is 12.5. The molecular weight excluding hydrogens is 356 g/mol. The SMILES string of the molecule is COc1cc(Nc2cc(C(=O)N3CCCC3)nc(C)n2)c(OC)cc1Cl. The van der Waals surface area contributed by atoms with E-state index < -0.39 is 0 Å². The second-order valence-corrected chi connectivity index (χ2v) is 6.40. The number of nitrogens with zero attached hydrogens (tertiary/aromatic N) is 3. The van der Waals surface area contributed by atoms with Gasteiger partial charge < -0.3 is 19.7 Å². The van der Waals surface area contributed by atoms with Gasteiger partial charge in [-0.25, -0.2) is 9.97 Å². The van der Waals surface area contributed by atoms with E-state index in [1.54, 1.807) is 39.3 Å². The first kappa shape index (κ1) is 18.3. The summed E-state index contributed by atoms with van der Waals surface area (Å²) >= 11 is 6.14. The molecule has 1 fully saturated rings. The molecule has 0 spiro atoms. The number of hydrogen-bond acceptors (Lipinski definition) is 6. The largest absolute Gasteiger partial charge is 0.495 e. The minimum Gasteiger partial charge on any atom is -0.495 e. The van der Waals surface area contributed by atoms with Gasteiger partial charge in [0.25, 0.3) is 5.91 Å². The predicted octanol–water partition coefficient (Wildman–Crippen LogP) is 3.44. The van der Waals surface area contributed by atoms with Crippen molar-refractivity contribution in [3.05, 3.63) is 34.7 Å². The fourth-order valence-corrected chi connectivity index (χ4v) is 3.15. The molecule has 7 nitrogen and oxygen atoms in total. The molecule has 0 saturated carbocycles. The van der Waals surface area contributed by atoms with Gasteiger partial charge in [0.1, 0.15) is 28.8 Å². The number of methoxy groups -OCH3 is 2. The monoisotopic (exact) mass is 376 g/mol. The summed E-state index contributed by atoms with van der Waals surface area (Å²) < 4.78 is 10.6. The van der Waals surface area contributed by atoms with Gasteiger partial charge in [-0.05, 0) is 19.8 Å². The van der Waals surface area contributed by atoms with Crippen LogP contribution in [0.15, 0.2) is 18.2 Å². The number of halogens is 1. The molecule has 138 valence electrons. The van der Waals surface area contributed by atoms with Crippen molar-refractivity contribution in [1.29, 1.82) is 0 Å². The Morgan fingerprint density at radius 1 is 1.12 bits per heavy atom. The number of amides is 1. The van der Waals surface area contributed by atoms with Crippen LogP contribution in [-0.2, 0) is 0 Å². The maximum Gasteiger partial charge on any atom is 0.272 e. The third-order valence-electron chi connectivity index (χ3n) is 4.19. The Labute approximate surface area is 157 Å². The van der Waals surface area contributed by atoms with Crippen molar-refractivity contribution in [2.24, 2.45) is 0 Å². The number of carbonyl (C=O) groups is 1. The van der Waals surface area contributed by atoms with Crippen molar-refractivity contribution in [1.82, 2.24) is 14.9 Å². The number of aryl methyl sites for hydroxylation is 1. The van der Waals surface area contributed by atoms with Gasteiger partial charge in [-0.2, -0.15) is 0 Å². The lowest BCUT2D eigenvalue weighted by Gasteiger charge is -2.16. The van der Waals surface area contributed by atoms with Crippen LogP contribution in [0.5, 0.6) is 11.5 Å². The second-order valence-electron chi connectivity index (χ2n) is 6.00. The Balaban J connectivity index is 1.92. The number of ether oxygens (including phenoxy) is 2. The van der Waals surface area contributed by atoms with Crippen LogP contribution < -0.4 is 14.8 Å². The van der Waals surface area contributed by atoms with E-state index in [0.29, 0.717) is 39.5 Å². The molecule has 1 N–H and O–H groups in total. The lowest BCUT2D eigenvalue weighted by molar-refractivity contribution is 0.0786. The Morgan fingerprint density at radius 3 is 2.46 bits per heavy atom. The molecule has 0 aliphatic carbocycles. The maximum atomic E-state index is 12.6. The minimum atomic E-state index is -0.0725. The van der Waals surface area contributed by atoms with Gasteiger partial charge in [-0.15, -0.1) is 0 Å². The van der Waals surface area contributed by atoms with Crippen LogP contribution in [0, 0.1) is 6.92 Å². The molecule has 26 heavy (non-hydrogen) atoms. The van der Waals surface area contributed by atoms with Crippen LogP contribution in [0.4, 0.5) is 11.5 Å². The van der Waals surface area contributed by atoms with Gasteiger partial charge in [0, 0.05) is 31.3 Å². The van der Waals surface area contributed by atoms with Crippen LogP contribution >= 0.6 is 11.6 Å². The van der Waals surface area contributed by atoms with Gasteiger partial charge in [-0.3, -0.25) is 4.79 Å². The van der Waals surface area contributed by atoms with Crippen molar-refractivity contribution in [2.75, 3.05) is 32.6 Å². The smallest absolute Gasteiger partial charge is 0.272 e. The molecule has 1 aromatic carbocycles. The van der Waals surface area contributed by atoms with E-state index >= 15 is 0 Å². The van der Waals surface area contributed by atoms with Crippen LogP contribution in [0.2, 0.25) is 5.02 Å². The van der Waals surface area contributed by atoms with Gasteiger partial charge in [0.2, 0.25) is 0 Å². The molecule has 1 saturated heterocycles. The molecule has 0 unspecified atom stereocenters. The Bertz CT molecular complexity index is 822. The summed E-state index contributed by atoms with van der Waals surface area (Å²) in [5, 5.41) is 3.61. The fraction of sp³-hybridized carbons (Fsp3) is 0.389. The van der Waals surface area contributed by atoms with Gasteiger partial charge in [-0.1, -0.05) is 11.6 Å². The summed E-state index contributed by atoms with van der Waals surface area (Å²) in [5.74, 6) is 1.99. The summed E-state index contributed by atoms with van der Waals surface area (Å²) in [5.41, 5.74) is 1.01. The number of rotatable bonds is 5. The summed E-state index contributed by atoms with van der Waals surface area (Å²) in [6.07, 6.45) is 2.06. The van der Waals surface area contributed by atoms with Gasteiger partial charge >= 0.3 is 0 Å². The van der Waals surface area contributed by atoms with Crippen molar-refractivity contribution >= 4 is 29.0 Å². The molecule has 3 rings (SSSR count). The summed E-state index contributed by atoms with van der Waals surface area (Å²) in [4.78, 5) is 23.1. The molecule has 0 radical (unpaired) electrons. The highest BCUT2D eigenvalue weighted by atomic mass is 35.5. The molecule has 2 aromatic rings. The lowest BCUT2D eigenvalue weighted by atomic mass is 10.2. The Morgan fingerprint density at radius 2 is 1.81 bits per heavy atom. The average Bonchev–Trinajstić information content (AvgIpc) is 3.16. The topological polar surface area (TPSA) is 76.6 Å². The first-order valence-corrected chi connectivity index (χ1v) is 8.73. The predicted molar refractivity (Wildman–Crippen MR) is 99.7 cm³/mol. The molecule has 1 aliphatic rings. The standard InChI is InChI=1S/C18H21ClN4O3/c1-11-20-14(18(24)23-6-4-5-7-23)10-17(21-11)22-13-9-15(25-2)12(19)8-16(13)26-3/h8-10H,4-7H2,1-3H3,(H,20,21,22). The summed E-state index contributed by atoms with van der Waals surface area (Å²) in [6.45, 7) is 3.30. The minimum absolute atomic E-state index is 0.0725. The second kappa shape index (κ2) is 7.78. The Hall–Kier alpha value is -2.54. The molecule has 8 heteroatoms. The molecule has 2 heterocycles. The van der Waals surface area contributed by atoms with Gasteiger partial charge in [0.05, 0.1) is 24.9 Å². The molecule has 0 atom stereocenters. The average molecular weight is 377 g/mol. The normalized spacial score (nSPS) is 13.6. The number of likely N-dealkylation sites (tertiary alicyclic amines) is 1. The van der Waals surface area contributed by atoms with Crippen LogP contribution in [-0.4, -0.2) is 48.1 Å². The van der Waals surface area contributed by atoms with Crippen molar-refractivity contribution in [3.63, 3.8) is 0 Å². The lowest BCUT2D eigenvalue weighted by Crippen LogP contribution is -2.28. The molecule has 1 aromatic heterocycles. The molecular formula is C18H21ClN4O3. The fourth-order valence-electron chi connectivity index (χ4n) is 2.92. The number of carbonyl (C=O) groups excluding carboxylic acids is 1. The number of aromatic nitrogens is 2. The summed E-state index contributed by atoms with van der Waals surface area (Å²) in [7, 11) is 3.09. The zero-order chi connectivity index (χ0) is 18.7. The highest BCUT2D eigenvalue weighted by molar-refractivity contribution is 6.32. The van der Waals surface area contributed by atoms with E-state index in [4.69, 9.17) is 21.1 Å². The van der Waals surface area contributed by atoms with Crippen LogP contribution in [0.25, 0.3) is 0 Å². The van der Waals surface area contributed by atoms with Crippen molar-refractivity contribution in [3.8, 4) is 11.5 Å².